The first-order valence-electron chi connectivity index (χ1n) is 5.02. The van der Waals surface area contributed by atoms with Crippen molar-refractivity contribution in [2.45, 2.75) is 12.2 Å². The largest absolute Gasteiger partial charge is 0.411 e. The summed E-state index contributed by atoms with van der Waals surface area (Å²) in [6.45, 7) is 1.09. The summed E-state index contributed by atoms with van der Waals surface area (Å²) < 4.78 is 39.8. The monoisotopic (exact) mass is 237 g/mol. The minimum Gasteiger partial charge on any atom is -0.371 e. The SMILES string of the molecule is N#CC1CNCCN1CCOCC(F)(F)F. The Bertz CT molecular complexity index is 251. The molecule has 0 bridgehead atoms. The molecule has 0 aromatic carbocycles. The first kappa shape index (κ1) is 13.2. The number of hydrogen-bond acceptors (Lipinski definition) is 4. The van der Waals surface area contributed by atoms with Crippen LogP contribution in [-0.4, -0.2) is 56.5 Å². The van der Waals surface area contributed by atoms with Gasteiger partial charge < -0.3 is 10.1 Å². The van der Waals surface area contributed by atoms with E-state index < -0.39 is 12.8 Å². The molecule has 0 saturated carbocycles. The van der Waals surface area contributed by atoms with Crippen molar-refractivity contribution in [1.29, 1.82) is 5.26 Å². The molecule has 1 unspecified atom stereocenters. The van der Waals surface area contributed by atoms with E-state index in [1.54, 1.807) is 0 Å². The van der Waals surface area contributed by atoms with E-state index in [0.717, 1.165) is 6.54 Å². The van der Waals surface area contributed by atoms with Gasteiger partial charge in [0.25, 0.3) is 0 Å². The smallest absolute Gasteiger partial charge is 0.371 e. The number of halogens is 3. The molecular weight excluding hydrogens is 223 g/mol. The van der Waals surface area contributed by atoms with Gasteiger partial charge in [0.1, 0.15) is 12.6 Å². The predicted octanol–water partition coefficient (Wildman–Crippen LogP) is 0.363. The van der Waals surface area contributed by atoms with Crippen LogP contribution in [0.1, 0.15) is 0 Å². The lowest BCUT2D eigenvalue weighted by atomic mass is 10.2. The van der Waals surface area contributed by atoms with Crippen molar-refractivity contribution in [3.05, 3.63) is 0 Å². The molecule has 0 spiro atoms. The summed E-state index contributed by atoms with van der Waals surface area (Å²) in [4.78, 5) is 1.83. The topological polar surface area (TPSA) is 48.3 Å². The molecule has 4 nitrogen and oxygen atoms in total. The predicted molar refractivity (Wildman–Crippen MR) is 50.7 cm³/mol. The minimum absolute atomic E-state index is 0.00229. The Kier molecular flexibility index (Phi) is 4.99. The van der Waals surface area contributed by atoms with E-state index in [-0.39, 0.29) is 12.6 Å². The maximum absolute atomic E-state index is 11.8. The van der Waals surface area contributed by atoms with Gasteiger partial charge in [-0.05, 0) is 0 Å². The molecule has 1 aliphatic heterocycles. The van der Waals surface area contributed by atoms with Crippen LogP contribution in [0.5, 0.6) is 0 Å². The Balaban J connectivity index is 2.19. The van der Waals surface area contributed by atoms with Crippen molar-refractivity contribution in [3.63, 3.8) is 0 Å². The Morgan fingerprint density at radius 3 is 2.88 bits per heavy atom. The van der Waals surface area contributed by atoms with Gasteiger partial charge in [0.2, 0.25) is 0 Å². The van der Waals surface area contributed by atoms with Gasteiger partial charge in [0.05, 0.1) is 12.7 Å². The zero-order chi connectivity index (χ0) is 12.0. The quantitative estimate of drug-likeness (QED) is 0.717. The summed E-state index contributed by atoms with van der Waals surface area (Å²) >= 11 is 0. The van der Waals surface area contributed by atoms with Gasteiger partial charge in [-0.2, -0.15) is 18.4 Å². The van der Waals surface area contributed by atoms with E-state index in [1.807, 2.05) is 4.90 Å². The highest BCUT2D eigenvalue weighted by Crippen LogP contribution is 2.14. The maximum atomic E-state index is 11.8. The molecule has 1 aliphatic rings. The lowest BCUT2D eigenvalue weighted by molar-refractivity contribution is -0.174. The van der Waals surface area contributed by atoms with Crippen LogP contribution < -0.4 is 5.32 Å². The number of alkyl halides is 3. The van der Waals surface area contributed by atoms with Gasteiger partial charge in [-0.15, -0.1) is 0 Å². The normalized spacial score (nSPS) is 23.0. The molecule has 0 aliphatic carbocycles. The van der Waals surface area contributed by atoms with E-state index in [9.17, 15) is 13.2 Å². The number of piperazine rings is 1. The number of nitriles is 1. The Hall–Kier alpha value is -0.840. The number of nitrogens with zero attached hydrogens (tertiary/aromatic N) is 2. The van der Waals surface area contributed by atoms with Crippen LogP contribution in [0.15, 0.2) is 0 Å². The standard InChI is InChI=1S/C9H14F3N3O/c10-9(11,12)7-16-4-3-15-2-1-14-6-8(15)5-13/h8,14H,1-4,6-7H2. The number of hydrogen-bond donors (Lipinski definition) is 1. The third-order valence-electron chi connectivity index (χ3n) is 2.29. The van der Waals surface area contributed by atoms with Gasteiger partial charge >= 0.3 is 6.18 Å². The summed E-state index contributed by atoms with van der Waals surface area (Å²) in [7, 11) is 0. The molecule has 1 rings (SSSR count). The highest BCUT2D eigenvalue weighted by atomic mass is 19.4. The van der Waals surface area contributed by atoms with Gasteiger partial charge in [0.15, 0.2) is 0 Å². The van der Waals surface area contributed by atoms with Crippen molar-refractivity contribution >= 4 is 0 Å². The van der Waals surface area contributed by atoms with Crippen LogP contribution in [0.2, 0.25) is 0 Å². The van der Waals surface area contributed by atoms with Crippen molar-refractivity contribution in [3.8, 4) is 6.07 Å². The fraction of sp³-hybridized carbons (Fsp3) is 0.889. The molecule has 0 aromatic rings. The fourth-order valence-electron chi connectivity index (χ4n) is 1.51. The molecule has 16 heavy (non-hydrogen) atoms. The first-order chi connectivity index (χ1) is 7.53. The van der Waals surface area contributed by atoms with Crippen molar-refractivity contribution in [1.82, 2.24) is 10.2 Å². The summed E-state index contributed by atoms with van der Waals surface area (Å²) in [5, 5.41) is 11.8. The summed E-state index contributed by atoms with van der Waals surface area (Å²) in [5.41, 5.74) is 0. The third kappa shape index (κ3) is 4.79. The highest BCUT2D eigenvalue weighted by Gasteiger charge is 2.28. The van der Waals surface area contributed by atoms with Crippen LogP contribution in [0.3, 0.4) is 0 Å². The molecule has 0 radical (unpaired) electrons. The minimum atomic E-state index is -4.28. The Labute approximate surface area is 92.0 Å². The van der Waals surface area contributed by atoms with Crippen molar-refractivity contribution in [2.75, 3.05) is 39.4 Å². The van der Waals surface area contributed by atoms with Crippen molar-refractivity contribution in [2.24, 2.45) is 0 Å². The van der Waals surface area contributed by atoms with Gasteiger partial charge in [-0.3, -0.25) is 4.90 Å². The van der Waals surface area contributed by atoms with Gasteiger partial charge in [0, 0.05) is 26.2 Å². The number of nitrogens with one attached hydrogen (secondary N) is 1. The van der Waals surface area contributed by atoms with Crippen molar-refractivity contribution < 1.29 is 17.9 Å². The molecule has 1 atom stereocenters. The average Bonchev–Trinajstić information content (AvgIpc) is 2.23. The molecule has 92 valence electrons. The molecule has 1 N–H and O–H groups in total. The maximum Gasteiger partial charge on any atom is 0.411 e. The Morgan fingerprint density at radius 1 is 1.50 bits per heavy atom. The van der Waals surface area contributed by atoms with Gasteiger partial charge in [-0.1, -0.05) is 0 Å². The molecule has 0 aromatic heterocycles. The van der Waals surface area contributed by atoms with Crippen LogP contribution in [0, 0.1) is 11.3 Å². The third-order valence-corrected chi connectivity index (χ3v) is 2.29. The summed E-state index contributed by atoms with van der Waals surface area (Å²) in [5.74, 6) is 0. The lowest BCUT2D eigenvalue weighted by Crippen LogP contribution is -2.51. The average molecular weight is 237 g/mol. The Morgan fingerprint density at radius 2 is 2.25 bits per heavy atom. The zero-order valence-electron chi connectivity index (χ0n) is 8.76. The summed E-state index contributed by atoms with van der Waals surface area (Å²) in [6, 6.07) is 1.82. The van der Waals surface area contributed by atoms with Crippen LogP contribution in [-0.2, 0) is 4.74 Å². The fourth-order valence-corrected chi connectivity index (χ4v) is 1.51. The number of rotatable bonds is 4. The second kappa shape index (κ2) is 6.03. The molecule has 1 saturated heterocycles. The second-order valence-corrected chi connectivity index (χ2v) is 3.55. The molecule has 7 heteroatoms. The molecular formula is C9H14F3N3O. The zero-order valence-corrected chi connectivity index (χ0v) is 8.76. The van der Waals surface area contributed by atoms with E-state index in [2.05, 4.69) is 16.1 Å². The van der Waals surface area contributed by atoms with E-state index >= 15 is 0 Å². The van der Waals surface area contributed by atoms with Crippen LogP contribution in [0.4, 0.5) is 13.2 Å². The summed E-state index contributed by atoms with van der Waals surface area (Å²) in [6.07, 6.45) is -4.28. The lowest BCUT2D eigenvalue weighted by Gasteiger charge is -2.31. The van der Waals surface area contributed by atoms with E-state index in [0.29, 0.717) is 19.6 Å². The first-order valence-corrected chi connectivity index (χ1v) is 5.02. The van der Waals surface area contributed by atoms with Crippen LogP contribution in [0.25, 0.3) is 0 Å². The molecule has 1 fully saturated rings. The highest BCUT2D eigenvalue weighted by molar-refractivity contribution is 4.95. The second-order valence-electron chi connectivity index (χ2n) is 3.55. The van der Waals surface area contributed by atoms with E-state index in [1.165, 1.54) is 0 Å². The van der Waals surface area contributed by atoms with Crippen LogP contribution >= 0.6 is 0 Å². The molecule has 1 heterocycles. The molecule has 0 amide bonds. The number of ether oxygens (including phenoxy) is 1. The van der Waals surface area contributed by atoms with E-state index in [4.69, 9.17) is 5.26 Å². The van der Waals surface area contributed by atoms with Gasteiger partial charge in [-0.25, -0.2) is 0 Å².